The van der Waals surface area contributed by atoms with Gasteiger partial charge in [-0.15, -0.1) is 0 Å². The highest BCUT2D eigenvalue weighted by Gasteiger charge is 2.25. The molecule has 25 heavy (non-hydrogen) atoms. The van der Waals surface area contributed by atoms with Gasteiger partial charge in [-0.2, -0.15) is 0 Å². The Morgan fingerprint density at radius 3 is 2.76 bits per heavy atom. The van der Waals surface area contributed by atoms with Crippen molar-refractivity contribution in [3.8, 4) is 11.5 Å². The molecule has 1 N–H and O–H groups in total. The summed E-state index contributed by atoms with van der Waals surface area (Å²) in [5.41, 5.74) is 4.26. The maximum atomic E-state index is 12.1. The van der Waals surface area contributed by atoms with Gasteiger partial charge in [0.05, 0.1) is 0 Å². The number of fused-ring (bicyclic) bond motifs is 1. The lowest BCUT2D eigenvalue weighted by Crippen LogP contribution is -2.27. The van der Waals surface area contributed by atoms with Crippen LogP contribution in [-0.2, 0) is 4.79 Å². The number of nitrogens with one attached hydrogen (secondary N) is 1. The van der Waals surface area contributed by atoms with Crippen molar-refractivity contribution in [2.24, 2.45) is 5.92 Å². The number of hydrogen-bond acceptors (Lipinski definition) is 4. The molecule has 4 rings (SSSR count). The SMILES string of the molecule is CN(C)c1cccc(-c2nc3cc(NC(=O)C4CCC4)ccc3o2)c1. The Kier molecular flexibility index (Phi) is 3.92. The Balaban J connectivity index is 1.61. The Labute approximate surface area is 146 Å². The number of oxazole rings is 1. The molecule has 1 amide bonds. The molecular weight excluding hydrogens is 314 g/mol. The second kappa shape index (κ2) is 6.24. The van der Waals surface area contributed by atoms with E-state index in [2.05, 4.69) is 10.3 Å². The number of carbonyl (C=O) groups is 1. The third-order valence-electron chi connectivity index (χ3n) is 4.74. The molecule has 128 valence electrons. The summed E-state index contributed by atoms with van der Waals surface area (Å²) in [4.78, 5) is 18.7. The Hall–Kier alpha value is -2.82. The van der Waals surface area contributed by atoms with Crippen LogP contribution >= 0.6 is 0 Å². The Morgan fingerprint density at radius 1 is 1.20 bits per heavy atom. The van der Waals surface area contributed by atoms with Crippen molar-refractivity contribution < 1.29 is 9.21 Å². The standard InChI is InChI=1S/C20H21N3O2/c1-23(2)16-8-4-7-14(11-16)20-22-17-12-15(9-10-18(17)25-20)21-19(24)13-5-3-6-13/h4,7-13H,3,5-6H2,1-2H3,(H,21,24). The van der Waals surface area contributed by atoms with Crippen LogP contribution in [-0.4, -0.2) is 25.0 Å². The smallest absolute Gasteiger partial charge is 0.227 e. The summed E-state index contributed by atoms with van der Waals surface area (Å²) in [7, 11) is 4.00. The van der Waals surface area contributed by atoms with Crippen LogP contribution in [0.5, 0.6) is 0 Å². The molecule has 1 fully saturated rings. The number of rotatable bonds is 4. The lowest BCUT2D eigenvalue weighted by molar-refractivity contribution is -0.122. The first-order valence-electron chi connectivity index (χ1n) is 8.59. The molecular formula is C20H21N3O2. The van der Waals surface area contributed by atoms with E-state index in [1.54, 1.807) is 0 Å². The van der Waals surface area contributed by atoms with Gasteiger partial charge in [0, 0.05) is 37.0 Å². The lowest BCUT2D eigenvalue weighted by atomic mass is 9.85. The number of hydrogen-bond donors (Lipinski definition) is 1. The number of anilines is 2. The van der Waals surface area contributed by atoms with E-state index in [1.165, 1.54) is 0 Å². The average Bonchev–Trinajstić information content (AvgIpc) is 2.96. The zero-order chi connectivity index (χ0) is 17.4. The van der Waals surface area contributed by atoms with E-state index in [-0.39, 0.29) is 11.8 Å². The number of nitrogens with zero attached hydrogens (tertiary/aromatic N) is 2. The van der Waals surface area contributed by atoms with E-state index >= 15 is 0 Å². The topological polar surface area (TPSA) is 58.4 Å². The van der Waals surface area contributed by atoms with Crippen LogP contribution in [0.15, 0.2) is 46.9 Å². The summed E-state index contributed by atoms with van der Waals surface area (Å²) < 4.78 is 5.89. The molecule has 1 aromatic heterocycles. The van der Waals surface area contributed by atoms with Crippen LogP contribution in [0.4, 0.5) is 11.4 Å². The van der Waals surface area contributed by atoms with Gasteiger partial charge in [0.1, 0.15) is 5.52 Å². The lowest BCUT2D eigenvalue weighted by Gasteiger charge is -2.23. The van der Waals surface area contributed by atoms with Crippen molar-refractivity contribution in [3.05, 3.63) is 42.5 Å². The van der Waals surface area contributed by atoms with E-state index in [9.17, 15) is 4.79 Å². The first kappa shape index (κ1) is 15.7. The van der Waals surface area contributed by atoms with Crippen LogP contribution in [0.3, 0.4) is 0 Å². The summed E-state index contributed by atoms with van der Waals surface area (Å²) in [6.07, 6.45) is 3.13. The first-order chi connectivity index (χ1) is 12.1. The van der Waals surface area contributed by atoms with Gasteiger partial charge in [-0.1, -0.05) is 12.5 Å². The molecule has 1 aliphatic rings. The largest absolute Gasteiger partial charge is 0.436 e. The third kappa shape index (κ3) is 3.09. The molecule has 0 radical (unpaired) electrons. The number of benzene rings is 2. The first-order valence-corrected chi connectivity index (χ1v) is 8.59. The predicted octanol–water partition coefficient (Wildman–Crippen LogP) is 4.30. The second-order valence-electron chi connectivity index (χ2n) is 6.76. The highest BCUT2D eigenvalue weighted by molar-refractivity contribution is 5.94. The summed E-state index contributed by atoms with van der Waals surface area (Å²) >= 11 is 0. The van der Waals surface area contributed by atoms with E-state index in [4.69, 9.17) is 4.42 Å². The van der Waals surface area contributed by atoms with Gasteiger partial charge in [-0.05, 0) is 49.2 Å². The summed E-state index contributed by atoms with van der Waals surface area (Å²) in [5.74, 6) is 0.853. The molecule has 0 bridgehead atoms. The van der Waals surface area contributed by atoms with E-state index in [1.807, 2.05) is 61.5 Å². The van der Waals surface area contributed by atoms with Gasteiger partial charge in [-0.3, -0.25) is 4.79 Å². The van der Waals surface area contributed by atoms with Crippen LogP contribution in [0.25, 0.3) is 22.6 Å². The monoisotopic (exact) mass is 335 g/mol. The van der Waals surface area contributed by atoms with Crippen molar-refractivity contribution in [1.82, 2.24) is 4.98 Å². The van der Waals surface area contributed by atoms with Gasteiger partial charge in [0.2, 0.25) is 11.8 Å². The van der Waals surface area contributed by atoms with Crippen LogP contribution in [0.2, 0.25) is 0 Å². The maximum absolute atomic E-state index is 12.1. The summed E-state index contributed by atoms with van der Waals surface area (Å²) in [6, 6.07) is 13.7. The Morgan fingerprint density at radius 2 is 2.04 bits per heavy atom. The second-order valence-corrected chi connectivity index (χ2v) is 6.76. The quantitative estimate of drug-likeness (QED) is 0.772. The fourth-order valence-electron chi connectivity index (χ4n) is 2.96. The average molecular weight is 335 g/mol. The molecule has 0 saturated heterocycles. The van der Waals surface area contributed by atoms with Crippen molar-refractivity contribution >= 4 is 28.4 Å². The normalized spacial score (nSPS) is 14.3. The van der Waals surface area contributed by atoms with Gasteiger partial charge in [0.15, 0.2) is 5.58 Å². The number of aromatic nitrogens is 1. The molecule has 3 aromatic rings. The van der Waals surface area contributed by atoms with E-state index in [0.717, 1.165) is 41.7 Å². The van der Waals surface area contributed by atoms with E-state index in [0.29, 0.717) is 11.5 Å². The van der Waals surface area contributed by atoms with Gasteiger partial charge in [-0.25, -0.2) is 4.98 Å². The van der Waals surface area contributed by atoms with Crippen molar-refractivity contribution in [2.75, 3.05) is 24.3 Å². The highest BCUT2D eigenvalue weighted by Crippen LogP contribution is 2.30. The van der Waals surface area contributed by atoms with Crippen molar-refractivity contribution in [3.63, 3.8) is 0 Å². The minimum absolute atomic E-state index is 0.105. The molecule has 1 heterocycles. The number of amides is 1. The molecule has 0 spiro atoms. The van der Waals surface area contributed by atoms with Crippen molar-refractivity contribution in [1.29, 1.82) is 0 Å². The molecule has 1 aliphatic carbocycles. The van der Waals surface area contributed by atoms with Crippen molar-refractivity contribution in [2.45, 2.75) is 19.3 Å². The Bertz CT molecular complexity index is 926. The molecule has 5 heteroatoms. The van der Waals surface area contributed by atoms with Gasteiger partial charge in [0.25, 0.3) is 0 Å². The summed E-state index contributed by atoms with van der Waals surface area (Å²) in [5, 5.41) is 2.98. The molecule has 0 unspecified atom stereocenters. The number of carbonyl (C=O) groups excluding carboxylic acids is 1. The predicted molar refractivity (Wildman–Crippen MR) is 99.7 cm³/mol. The molecule has 0 aliphatic heterocycles. The molecule has 2 aromatic carbocycles. The molecule has 1 saturated carbocycles. The zero-order valence-corrected chi connectivity index (χ0v) is 14.5. The maximum Gasteiger partial charge on any atom is 0.227 e. The highest BCUT2D eigenvalue weighted by atomic mass is 16.3. The minimum atomic E-state index is 0.105. The van der Waals surface area contributed by atoms with Crippen LogP contribution in [0, 0.1) is 5.92 Å². The molecule has 5 nitrogen and oxygen atoms in total. The van der Waals surface area contributed by atoms with Gasteiger partial charge >= 0.3 is 0 Å². The van der Waals surface area contributed by atoms with Gasteiger partial charge < -0.3 is 14.6 Å². The summed E-state index contributed by atoms with van der Waals surface area (Å²) in [6.45, 7) is 0. The van der Waals surface area contributed by atoms with E-state index < -0.39 is 0 Å². The fraction of sp³-hybridized carbons (Fsp3) is 0.300. The minimum Gasteiger partial charge on any atom is -0.436 e. The fourth-order valence-corrected chi connectivity index (χ4v) is 2.96. The van der Waals surface area contributed by atoms with Crippen LogP contribution in [0.1, 0.15) is 19.3 Å². The third-order valence-corrected chi connectivity index (χ3v) is 4.74. The van der Waals surface area contributed by atoms with Crippen LogP contribution < -0.4 is 10.2 Å². The zero-order valence-electron chi connectivity index (χ0n) is 14.5. The molecule has 0 atom stereocenters.